The Morgan fingerprint density at radius 1 is 0.415 bits per heavy atom. The van der Waals surface area contributed by atoms with Gasteiger partial charge in [0.05, 0.1) is 47.0 Å². The van der Waals surface area contributed by atoms with Gasteiger partial charge in [-0.3, -0.25) is 38.4 Å². The number of fused-ring (bicyclic) bond motifs is 2. The molecule has 640 valence electrons. The average molecular weight is 1710 g/mol. The summed E-state index contributed by atoms with van der Waals surface area (Å²) < 4.78 is 56.5. The first-order chi connectivity index (χ1) is 56.7. The predicted molar refractivity (Wildman–Crippen MR) is 440 cm³/mol. The van der Waals surface area contributed by atoms with E-state index in [9.17, 15) is 74.4 Å². The molecule has 4 heterocycles. The summed E-state index contributed by atoms with van der Waals surface area (Å²) in [6.07, 6.45) is 13.8. The molecule has 4 aliphatic heterocycles. The molecule has 4 aliphatic rings. The zero-order valence-electron chi connectivity index (χ0n) is 65.3. The number of unbranched alkanes of at least 4 members (excludes halogenated alkanes) is 8. The number of thioether (sulfide) groups is 2. The van der Waals surface area contributed by atoms with Gasteiger partial charge in [-0.15, -0.1) is 0 Å². The normalized spacial score (nSPS) is 17.3. The third kappa shape index (κ3) is 34.1. The largest absolute Gasteiger partial charge is 0.462 e. The van der Waals surface area contributed by atoms with Crippen molar-refractivity contribution in [2.24, 2.45) is 20.5 Å². The standard InChI is InChI=1S/2C38H52N10O9S2/c2*39-48-47-27-16-12-26(13-17-27)36(52)44-29(37(53)57-23-22-43-35(51)25-14-18-28(19-15-25)59(40,55)56)8-5-7-21-42-32(49)10-2-1-6-20-41-33(50)11-4-3-9-31-34-30(24-58-31)45-38(54)46-34/h2*12-19,29-31,34H,1-11,20-24H2,(H,41,50)(H,42,49)(H,43,51)(H,44,52)(H2,40,55,56)(H2,45,46,54)/t2*29?,30?,31-,34?/m11/s1. The van der Waals surface area contributed by atoms with E-state index in [0.717, 1.165) is 75.7 Å². The summed E-state index contributed by atoms with van der Waals surface area (Å²) in [6, 6.07) is 20.1. The van der Waals surface area contributed by atoms with Gasteiger partial charge in [0.1, 0.15) is 25.3 Å². The van der Waals surface area contributed by atoms with E-state index in [1.165, 1.54) is 97.1 Å². The fourth-order valence-corrected chi connectivity index (χ4v) is 17.1. The number of carbonyl (C=O) groups excluding carboxylic acids is 12. The Hall–Kier alpha value is -10.7. The summed E-state index contributed by atoms with van der Waals surface area (Å²) in [5, 5.41) is 51.8. The van der Waals surface area contributed by atoms with Gasteiger partial charge >= 0.3 is 24.0 Å². The van der Waals surface area contributed by atoms with Crippen LogP contribution in [0, 0.1) is 0 Å². The second kappa shape index (κ2) is 50.1. The lowest BCUT2D eigenvalue weighted by Crippen LogP contribution is -2.42. The maximum atomic E-state index is 13.1. The number of azide groups is 2. The Morgan fingerprint density at radius 2 is 0.729 bits per heavy atom. The van der Waals surface area contributed by atoms with E-state index in [2.05, 4.69) is 83.9 Å². The zero-order valence-corrected chi connectivity index (χ0v) is 68.6. The van der Waals surface area contributed by atoms with Crippen molar-refractivity contribution >= 4 is 126 Å². The van der Waals surface area contributed by atoms with E-state index in [0.29, 0.717) is 112 Å². The molecule has 12 amide bonds. The third-order valence-corrected chi connectivity index (χ3v) is 24.2. The first kappa shape index (κ1) is 94.4. The van der Waals surface area contributed by atoms with Gasteiger partial charge in [-0.05, 0) is 174 Å². The summed E-state index contributed by atoms with van der Waals surface area (Å²) in [5.41, 5.74) is 18.7. The number of esters is 2. The molecule has 16 N–H and O–H groups in total. The minimum absolute atomic E-state index is 0.0185. The Balaban J connectivity index is 0.000000326. The van der Waals surface area contributed by atoms with Crippen molar-refractivity contribution in [1.29, 1.82) is 0 Å². The number of carbonyl (C=O) groups is 12. The van der Waals surface area contributed by atoms with Gasteiger partial charge < -0.3 is 73.3 Å². The smallest absolute Gasteiger partial charge is 0.328 e. The first-order valence-corrected chi connectivity index (χ1v) is 44.4. The lowest BCUT2D eigenvalue weighted by molar-refractivity contribution is -0.146. The molecule has 0 saturated carbocycles. The summed E-state index contributed by atoms with van der Waals surface area (Å²) in [5.74, 6) is -1.97. The lowest BCUT2D eigenvalue weighted by atomic mass is 10.0. The number of hydrogen-bond acceptors (Lipinski definition) is 22. The Bertz CT molecular complexity index is 4130. The van der Waals surface area contributed by atoms with Crippen LogP contribution in [-0.2, 0) is 58.3 Å². The van der Waals surface area contributed by atoms with Gasteiger partial charge in [0.2, 0.25) is 43.7 Å². The molecule has 8 atom stereocenters. The van der Waals surface area contributed by atoms with E-state index in [1.54, 1.807) is 0 Å². The second-order valence-electron chi connectivity index (χ2n) is 28.3. The van der Waals surface area contributed by atoms with Crippen molar-refractivity contribution in [2.45, 2.75) is 198 Å². The number of benzene rings is 4. The highest BCUT2D eigenvalue weighted by Gasteiger charge is 2.44. The predicted octanol–water partition coefficient (Wildman–Crippen LogP) is 6.07. The molecule has 0 aromatic heterocycles. The number of nitrogens with zero attached hydrogens (tertiary/aromatic N) is 6. The van der Waals surface area contributed by atoms with Crippen LogP contribution in [0.1, 0.15) is 183 Å². The molecule has 4 aromatic rings. The molecule has 0 spiro atoms. The quantitative estimate of drug-likeness (QED) is 0.00595. The SMILES string of the molecule is [N-]=[N+]=Nc1ccc(C(=O)NC(CCCCNC(=O)CCCCCNC(=O)CCCC[C@H]2SCC3NC(=O)NC32)C(=O)OCCNC(=O)c2ccc(S(N)(=O)=O)cc2)cc1.[N-]=[N+]=Nc1ccc(C(=O)NC(CCCCNC(=O)CCCCCNC(=O)CCCC[C@H]2SCC3NC(=O)NC32)C(=O)OCCNC(=O)c2ccc(S(N)(=O)=O)cc2)cc1. The number of rotatable bonds is 50. The zero-order chi connectivity index (χ0) is 85.2. The van der Waals surface area contributed by atoms with Gasteiger partial charge in [-0.25, -0.2) is 46.3 Å². The molecule has 4 saturated heterocycles. The lowest BCUT2D eigenvalue weighted by Gasteiger charge is -2.18. The van der Waals surface area contributed by atoms with Crippen LogP contribution in [0.15, 0.2) is 117 Å². The molecule has 0 bridgehead atoms. The third-order valence-electron chi connectivity index (χ3n) is 19.4. The second-order valence-corrected chi connectivity index (χ2v) is 33.9. The molecule has 118 heavy (non-hydrogen) atoms. The number of nitrogens with two attached hydrogens (primary N) is 2. The number of primary sulfonamides is 2. The maximum Gasteiger partial charge on any atom is 0.328 e. The summed E-state index contributed by atoms with van der Waals surface area (Å²) >= 11 is 3.74. The highest BCUT2D eigenvalue weighted by Crippen LogP contribution is 2.35. The first-order valence-electron chi connectivity index (χ1n) is 39.2. The highest BCUT2D eigenvalue weighted by atomic mass is 32.2. The Labute approximate surface area is 692 Å². The van der Waals surface area contributed by atoms with Crippen molar-refractivity contribution in [2.75, 3.05) is 64.0 Å². The number of sulfonamides is 2. The fourth-order valence-electron chi connectivity index (χ4n) is 13.0. The minimum Gasteiger partial charge on any atom is -0.462 e. The van der Waals surface area contributed by atoms with Gasteiger partial charge in [-0.2, -0.15) is 23.5 Å². The summed E-state index contributed by atoms with van der Waals surface area (Å²) in [6.45, 7) is 1.28. The number of ether oxygens (including phenoxy) is 2. The fraction of sp³-hybridized carbons (Fsp3) is 0.526. The van der Waals surface area contributed by atoms with Crippen LogP contribution in [-0.4, -0.2) is 199 Å². The number of hydrogen-bond donors (Lipinski definition) is 14. The molecule has 38 nitrogen and oxygen atoms in total. The number of amides is 12. The highest BCUT2D eigenvalue weighted by molar-refractivity contribution is 8.00. The maximum absolute atomic E-state index is 13.1. The molecule has 0 aliphatic carbocycles. The van der Waals surface area contributed by atoms with Gasteiger partial charge in [0, 0.05) is 117 Å². The minimum atomic E-state index is -3.92. The summed E-state index contributed by atoms with van der Waals surface area (Å²) in [7, 11) is -7.83. The van der Waals surface area contributed by atoms with Crippen molar-refractivity contribution in [3.63, 3.8) is 0 Å². The van der Waals surface area contributed by atoms with Crippen LogP contribution < -0.4 is 74.1 Å². The van der Waals surface area contributed by atoms with Gasteiger partial charge in [0.25, 0.3) is 23.6 Å². The topological polar surface area (TPSA) is 585 Å². The molecule has 42 heteroatoms. The van der Waals surface area contributed by atoms with Gasteiger partial charge in [-0.1, -0.05) is 60.2 Å². The molecular formula is C76H104N20O18S4. The molecule has 8 rings (SSSR count). The van der Waals surface area contributed by atoms with Crippen molar-refractivity contribution in [1.82, 2.24) is 63.8 Å². The Morgan fingerprint density at radius 3 is 1.06 bits per heavy atom. The Kier molecular flexibility index (Phi) is 40.1. The van der Waals surface area contributed by atoms with Crippen LogP contribution in [0.3, 0.4) is 0 Å². The van der Waals surface area contributed by atoms with E-state index >= 15 is 0 Å². The van der Waals surface area contributed by atoms with Crippen molar-refractivity contribution in [3.8, 4) is 0 Å². The number of nitrogens with one attached hydrogen (secondary N) is 12. The van der Waals surface area contributed by atoms with Crippen LogP contribution in [0.25, 0.3) is 20.9 Å². The summed E-state index contributed by atoms with van der Waals surface area (Å²) in [4.78, 5) is 154. The molecule has 4 fully saturated rings. The van der Waals surface area contributed by atoms with Crippen LogP contribution >= 0.6 is 23.5 Å². The van der Waals surface area contributed by atoms with Crippen LogP contribution in [0.4, 0.5) is 21.0 Å². The molecule has 4 aromatic carbocycles. The van der Waals surface area contributed by atoms with E-state index in [4.69, 9.17) is 30.8 Å². The molecular weight excluding hydrogens is 1610 g/mol. The average Bonchev–Trinajstić information content (AvgIpc) is 1.70. The number of urea groups is 2. The van der Waals surface area contributed by atoms with E-state index in [1.807, 2.05) is 23.5 Å². The van der Waals surface area contributed by atoms with E-state index < -0.39 is 67.7 Å². The van der Waals surface area contributed by atoms with Crippen molar-refractivity contribution < 1.29 is 83.8 Å². The van der Waals surface area contributed by atoms with Crippen molar-refractivity contribution in [3.05, 3.63) is 140 Å². The van der Waals surface area contributed by atoms with Gasteiger partial charge in [0.15, 0.2) is 0 Å². The van der Waals surface area contributed by atoms with E-state index in [-0.39, 0.29) is 131 Å². The molecule has 0 radical (unpaired) electrons. The van der Waals surface area contributed by atoms with Crippen LogP contribution in [0.2, 0.25) is 0 Å². The monoisotopic (exact) mass is 1710 g/mol. The molecule has 6 unspecified atom stereocenters. The van der Waals surface area contributed by atoms with Crippen LogP contribution in [0.5, 0.6) is 0 Å².